The third kappa shape index (κ3) is 4.07. The first-order chi connectivity index (χ1) is 11.7. The van der Waals surface area contributed by atoms with E-state index in [1.807, 2.05) is 72.4 Å². The second-order valence-corrected chi connectivity index (χ2v) is 5.54. The van der Waals surface area contributed by atoms with Gasteiger partial charge in [0.05, 0.1) is 19.4 Å². The van der Waals surface area contributed by atoms with Gasteiger partial charge in [-0.1, -0.05) is 18.2 Å². The number of amides is 1. The van der Waals surface area contributed by atoms with E-state index in [9.17, 15) is 4.79 Å². The maximum atomic E-state index is 12.6. The number of aromatic nitrogens is 1. The highest BCUT2D eigenvalue weighted by molar-refractivity contribution is 5.77. The van der Waals surface area contributed by atoms with E-state index in [2.05, 4.69) is 0 Å². The molecule has 0 aliphatic rings. The maximum Gasteiger partial charge on any atom is 0.261 e. The van der Waals surface area contributed by atoms with Crippen LogP contribution in [0.4, 0.5) is 0 Å². The van der Waals surface area contributed by atoms with E-state index in [1.54, 1.807) is 11.2 Å². The highest BCUT2D eigenvalue weighted by Gasteiger charge is 2.17. The van der Waals surface area contributed by atoms with Crippen molar-refractivity contribution in [3.63, 3.8) is 0 Å². The van der Waals surface area contributed by atoms with Crippen LogP contribution in [0.1, 0.15) is 11.5 Å². The molecule has 1 amide bonds. The number of ether oxygens (including phenoxy) is 1. The molecule has 24 heavy (non-hydrogen) atoms. The number of nitrogens with zero attached hydrogens (tertiary/aromatic N) is 2. The van der Waals surface area contributed by atoms with E-state index in [0.717, 1.165) is 11.5 Å². The van der Waals surface area contributed by atoms with E-state index in [4.69, 9.17) is 9.15 Å². The predicted molar refractivity (Wildman–Crippen MR) is 90.3 cm³/mol. The van der Waals surface area contributed by atoms with Crippen LogP contribution in [0.15, 0.2) is 71.5 Å². The van der Waals surface area contributed by atoms with Gasteiger partial charge < -0.3 is 18.6 Å². The van der Waals surface area contributed by atoms with E-state index < -0.39 is 0 Å². The van der Waals surface area contributed by atoms with Gasteiger partial charge in [-0.15, -0.1) is 0 Å². The molecule has 0 N–H and O–H groups in total. The van der Waals surface area contributed by atoms with Gasteiger partial charge in [-0.2, -0.15) is 0 Å². The SMILES string of the molecule is Cn1cccc1CN(Cc1ccco1)C(=O)COc1ccccc1. The average molecular weight is 324 g/mol. The van der Waals surface area contributed by atoms with Crippen molar-refractivity contribution < 1.29 is 13.9 Å². The molecule has 2 heterocycles. The highest BCUT2D eigenvalue weighted by Crippen LogP contribution is 2.13. The van der Waals surface area contributed by atoms with Gasteiger partial charge in [0.2, 0.25) is 0 Å². The van der Waals surface area contributed by atoms with Crippen LogP contribution < -0.4 is 4.74 Å². The zero-order chi connectivity index (χ0) is 16.8. The number of rotatable bonds is 7. The molecule has 2 aromatic heterocycles. The minimum atomic E-state index is -0.0866. The predicted octanol–water partition coefficient (Wildman–Crippen LogP) is 3.23. The van der Waals surface area contributed by atoms with Crippen molar-refractivity contribution in [1.29, 1.82) is 0 Å². The first kappa shape index (κ1) is 15.9. The zero-order valence-corrected chi connectivity index (χ0v) is 13.6. The number of hydrogen-bond acceptors (Lipinski definition) is 3. The Kier molecular flexibility index (Phi) is 5.01. The molecule has 0 radical (unpaired) electrons. The van der Waals surface area contributed by atoms with Crippen molar-refractivity contribution in [2.75, 3.05) is 6.61 Å². The smallest absolute Gasteiger partial charge is 0.261 e. The minimum absolute atomic E-state index is 0.00482. The van der Waals surface area contributed by atoms with E-state index in [1.165, 1.54) is 0 Å². The largest absolute Gasteiger partial charge is 0.484 e. The summed E-state index contributed by atoms with van der Waals surface area (Å²) in [6.45, 7) is 0.908. The Labute approximate surface area is 141 Å². The van der Waals surface area contributed by atoms with Crippen LogP contribution >= 0.6 is 0 Å². The number of carbonyl (C=O) groups is 1. The van der Waals surface area contributed by atoms with Crippen LogP contribution in [0.3, 0.4) is 0 Å². The lowest BCUT2D eigenvalue weighted by atomic mass is 10.3. The third-order valence-corrected chi connectivity index (χ3v) is 3.79. The van der Waals surface area contributed by atoms with Gasteiger partial charge in [0.1, 0.15) is 11.5 Å². The van der Waals surface area contributed by atoms with Crippen LogP contribution in [0.25, 0.3) is 0 Å². The molecule has 1 aromatic carbocycles. The zero-order valence-electron chi connectivity index (χ0n) is 13.6. The summed E-state index contributed by atoms with van der Waals surface area (Å²) in [7, 11) is 1.96. The molecule has 0 spiro atoms. The summed E-state index contributed by atoms with van der Waals surface area (Å²) >= 11 is 0. The van der Waals surface area contributed by atoms with Crippen molar-refractivity contribution in [2.45, 2.75) is 13.1 Å². The van der Waals surface area contributed by atoms with E-state index in [-0.39, 0.29) is 12.5 Å². The summed E-state index contributed by atoms with van der Waals surface area (Å²) < 4.78 is 13.0. The number of furan rings is 1. The number of carbonyl (C=O) groups excluding carboxylic acids is 1. The molecule has 5 nitrogen and oxygen atoms in total. The lowest BCUT2D eigenvalue weighted by Crippen LogP contribution is -2.34. The summed E-state index contributed by atoms with van der Waals surface area (Å²) in [5.41, 5.74) is 1.05. The summed E-state index contributed by atoms with van der Waals surface area (Å²) in [4.78, 5) is 14.4. The number of hydrogen-bond donors (Lipinski definition) is 0. The normalized spacial score (nSPS) is 10.5. The van der Waals surface area contributed by atoms with Crippen LogP contribution in [-0.2, 0) is 24.9 Å². The fourth-order valence-electron chi connectivity index (χ4n) is 2.43. The van der Waals surface area contributed by atoms with Gasteiger partial charge in [0.15, 0.2) is 6.61 Å². The summed E-state index contributed by atoms with van der Waals surface area (Å²) in [6, 6.07) is 17.0. The van der Waals surface area contributed by atoms with Crippen molar-refractivity contribution in [3.8, 4) is 5.75 Å². The summed E-state index contributed by atoms with van der Waals surface area (Å²) in [6.07, 6.45) is 3.58. The first-order valence-electron chi connectivity index (χ1n) is 7.80. The molecule has 0 saturated carbocycles. The van der Waals surface area contributed by atoms with E-state index in [0.29, 0.717) is 18.8 Å². The molecular formula is C19H20N2O3. The molecular weight excluding hydrogens is 304 g/mol. The molecule has 3 rings (SSSR count). The average Bonchev–Trinajstić information content (AvgIpc) is 3.25. The van der Waals surface area contributed by atoms with Crippen LogP contribution in [0, 0.1) is 0 Å². The van der Waals surface area contributed by atoms with Crippen LogP contribution in [0.2, 0.25) is 0 Å². The summed E-state index contributed by atoms with van der Waals surface area (Å²) in [5.74, 6) is 1.34. The first-order valence-corrected chi connectivity index (χ1v) is 7.80. The number of aryl methyl sites for hydroxylation is 1. The van der Waals surface area contributed by atoms with Crippen molar-refractivity contribution >= 4 is 5.91 Å². The Morgan fingerprint density at radius 1 is 1.08 bits per heavy atom. The lowest BCUT2D eigenvalue weighted by molar-refractivity contribution is -0.135. The third-order valence-electron chi connectivity index (χ3n) is 3.79. The molecule has 3 aromatic rings. The molecule has 0 fully saturated rings. The Morgan fingerprint density at radius 3 is 2.58 bits per heavy atom. The molecule has 0 atom stereocenters. The fraction of sp³-hybridized carbons (Fsp3) is 0.211. The van der Waals surface area contributed by atoms with Crippen LogP contribution in [0.5, 0.6) is 5.75 Å². The second-order valence-electron chi connectivity index (χ2n) is 5.54. The molecule has 0 unspecified atom stereocenters. The van der Waals surface area contributed by atoms with Gasteiger partial charge in [-0.25, -0.2) is 0 Å². The molecule has 124 valence electrons. The van der Waals surface area contributed by atoms with Gasteiger partial charge in [-0.3, -0.25) is 4.79 Å². The second kappa shape index (κ2) is 7.55. The topological polar surface area (TPSA) is 47.6 Å². The Balaban J connectivity index is 1.68. The lowest BCUT2D eigenvalue weighted by Gasteiger charge is -2.22. The Bertz CT molecular complexity index is 763. The quantitative estimate of drug-likeness (QED) is 0.670. The van der Waals surface area contributed by atoms with Crippen molar-refractivity contribution in [1.82, 2.24) is 9.47 Å². The van der Waals surface area contributed by atoms with Crippen molar-refractivity contribution in [2.24, 2.45) is 7.05 Å². The molecule has 5 heteroatoms. The molecule has 0 aliphatic carbocycles. The van der Waals surface area contributed by atoms with Gasteiger partial charge in [-0.05, 0) is 36.4 Å². The molecule has 0 saturated heterocycles. The van der Waals surface area contributed by atoms with Gasteiger partial charge in [0.25, 0.3) is 5.91 Å². The standard InChI is InChI=1S/C19H20N2O3/c1-20-11-5-7-16(20)13-21(14-18-10-6-12-23-18)19(22)15-24-17-8-3-2-4-9-17/h2-12H,13-15H2,1H3. The monoisotopic (exact) mass is 324 g/mol. The molecule has 0 bridgehead atoms. The maximum absolute atomic E-state index is 12.6. The van der Waals surface area contributed by atoms with Crippen molar-refractivity contribution in [3.05, 3.63) is 78.5 Å². The molecule has 0 aliphatic heterocycles. The number of benzene rings is 1. The Hall–Kier alpha value is -2.95. The van der Waals surface area contributed by atoms with E-state index >= 15 is 0 Å². The highest BCUT2D eigenvalue weighted by atomic mass is 16.5. The summed E-state index contributed by atoms with van der Waals surface area (Å²) in [5, 5.41) is 0. The Morgan fingerprint density at radius 2 is 1.92 bits per heavy atom. The van der Waals surface area contributed by atoms with Crippen LogP contribution in [-0.4, -0.2) is 22.0 Å². The van der Waals surface area contributed by atoms with Gasteiger partial charge >= 0.3 is 0 Å². The fourth-order valence-corrected chi connectivity index (χ4v) is 2.43. The van der Waals surface area contributed by atoms with Gasteiger partial charge in [0, 0.05) is 18.9 Å². The number of para-hydroxylation sites is 1. The minimum Gasteiger partial charge on any atom is -0.484 e.